The Hall–Kier alpha value is -0.0262. The lowest BCUT2D eigenvalue weighted by Crippen LogP contribution is -2.45. The van der Waals surface area contributed by atoms with Crippen LogP contribution in [0.3, 0.4) is 0 Å². The Morgan fingerprint density at radius 3 is 1.35 bits per heavy atom. The molecule has 0 saturated carbocycles. The largest absolute Gasteiger partial charge is 0.500 e. The van der Waals surface area contributed by atoms with E-state index >= 15 is 0 Å². The van der Waals surface area contributed by atoms with Crippen LogP contribution in [0.25, 0.3) is 0 Å². The van der Waals surface area contributed by atoms with Crippen molar-refractivity contribution >= 4 is 52.1 Å². The highest BCUT2D eigenvalue weighted by Gasteiger charge is 2.39. The monoisotopic (exact) mass is 686 g/mol. The topological polar surface area (TPSA) is 73.8 Å². The number of ether oxygens (including phenoxy) is 2. The zero-order valence-electron chi connectivity index (χ0n) is 29.1. The maximum absolute atomic E-state index is 5.88. The number of rotatable bonds is 28. The molecule has 0 fully saturated rings. The normalized spacial score (nSPS) is 12.4. The zero-order valence-corrected chi connectivity index (χ0v) is 32.7. The molecule has 258 valence electrons. The van der Waals surface area contributed by atoms with E-state index in [9.17, 15) is 0 Å². The Morgan fingerprint density at radius 1 is 0.558 bits per heavy atom. The first-order valence-corrected chi connectivity index (χ1v) is 21.2. The molecule has 1 unspecified atom stereocenters. The fourth-order valence-electron chi connectivity index (χ4n) is 4.75. The molecular weight excluding hydrogens is 621 g/mol. The standard InChI is InChI=1S/C18H38O4SSi.C13H28O4SSi/c1-5-20-24(21-6-2,22-7-3)17-15-13-11-9-8-10-12-14-16-19-18(4)23;1-12(17-13(2)18)10-8-6-7-9-11-19(14-3,15-4)16-5/h5-17H2,1-4H3;12H,6-11H2,1-5H3. The second kappa shape index (κ2) is 30.6. The van der Waals surface area contributed by atoms with Gasteiger partial charge in [0.2, 0.25) is 0 Å². The summed E-state index contributed by atoms with van der Waals surface area (Å²) >= 11 is 9.80. The van der Waals surface area contributed by atoms with E-state index in [1.807, 2.05) is 34.6 Å². The third-order valence-corrected chi connectivity index (χ3v) is 13.1. The predicted molar refractivity (Wildman–Crippen MR) is 190 cm³/mol. The Morgan fingerprint density at radius 2 is 0.953 bits per heavy atom. The molecule has 0 aliphatic heterocycles. The van der Waals surface area contributed by atoms with Gasteiger partial charge < -0.3 is 36.0 Å². The van der Waals surface area contributed by atoms with E-state index in [0.717, 1.165) is 57.2 Å². The van der Waals surface area contributed by atoms with Gasteiger partial charge in [0.15, 0.2) is 10.1 Å². The first-order valence-electron chi connectivity index (χ1n) is 16.5. The number of hydrogen-bond donors (Lipinski definition) is 0. The summed E-state index contributed by atoms with van der Waals surface area (Å²) in [6, 6.07) is 1.82. The quantitative estimate of drug-likeness (QED) is 0.0452. The Balaban J connectivity index is 0. The van der Waals surface area contributed by atoms with Crippen molar-refractivity contribution in [2.45, 2.75) is 143 Å². The van der Waals surface area contributed by atoms with Gasteiger partial charge in [-0.1, -0.05) is 51.4 Å². The number of unbranched alkanes of at least 4 members (excludes halogenated alkanes) is 10. The SMILES string of the molecule is CCO[Si](CCCCCCCCCCOC(C)=S)(OCC)OCC.CO[Si](CCCCCCC(C)OC(C)=S)(OC)OC. The van der Waals surface area contributed by atoms with E-state index in [0.29, 0.717) is 29.9 Å². The predicted octanol–water partition coefficient (Wildman–Crippen LogP) is 9.09. The first kappa shape index (κ1) is 45.1. The Kier molecular flexibility index (Phi) is 32.1. The summed E-state index contributed by atoms with van der Waals surface area (Å²) in [6.45, 7) is 14.5. The maximum atomic E-state index is 5.88. The van der Waals surface area contributed by atoms with Crippen molar-refractivity contribution in [3.05, 3.63) is 0 Å². The van der Waals surface area contributed by atoms with E-state index in [1.165, 1.54) is 44.9 Å². The van der Waals surface area contributed by atoms with Gasteiger partial charge in [-0.05, 0) is 84.2 Å². The molecule has 8 nitrogen and oxygen atoms in total. The van der Waals surface area contributed by atoms with Crippen molar-refractivity contribution in [2.75, 3.05) is 47.8 Å². The average Bonchev–Trinajstić information content (AvgIpc) is 2.96. The highest BCUT2D eigenvalue weighted by Crippen LogP contribution is 2.21. The molecule has 0 amide bonds. The molecule has 1 atom stereocenters. The van der Waals surface area contributed by atoms with Crippen LogP contribution in [0.4, 0.5) is 0 Å². The van der Waals surface area contributed by atoms with Gasteiger partial charge in [0.05, 0.1) is 12.7 Å². The van der Waals surface area contributed by atoms with Gasteiger partial charge in [-0.15, -0.1) is 0 Å². The lowest BCUT2D eigenvalue weighted by atomic mass is 10.1. The van der Waals surface area contributed by atoms with E-state index < -0.39 is 17.6 Å². The van der Waals surface area contributed by atoms with Crippen molar-refractivity contribution in [3.8, 4) is 0 Å². The van der Waals surface area contributed by atoms with Crippen LogP contribution in [0.5, 0.6) is 0 Å². The first-order chi connectivity index (χ1) is 20.6. The molecule has 43 heavy (non-hydrogen) atoms. The molecule has 0 aromatic carbocycles. The second-order valence-corrected chi connectivity index (χ2v) is 17.5. The molecule has 0 aromatic heterocycles. The minimum absolute atomic E-state index is 0.225. The van der Waals surface area contributed by atoms with Gasteiger partial charge in [-0.25, -0.2) is 0 Å². The van der Waals surface area contributed by atoms with Gasteiger partial charge in [0.25, 0.3) is 0 Å². The van der Waals surface area contributed by atoms with Crippen LogP contribution in [-0.2, 0) is 36.0 Å². The molecule has 0 saturated heterocycles. The molecule has 0 bridgehead atoms. The van der Waals surface area contributed by atoms with Crippen molar-refractivity contribution in [1.29, 1.82) is 0 Å². The van der Waals surface area contributed by atoms with Gasteiger partial charge >= 0.3 is 17.6 Å². The fourth-order valence-corrected chi connectivity index (χ4v) is 9.48. The van der Waals surface area contributed by atoms with E-state index in [-0.39, 0.29) is 6.10 Å². The molecule has 0 rings (SSSR count). The third kappa shape index (κ3) is 26.9. The molecule has 0 radical (unpaired) electrons. The summed E-state index contributed by atoms with van der Waals surface area (Å²) in [5.74, 6) is 0. The molecular formula is C31H66O8S2Si2. The second-order valence-electron chi connectivity index (χ2n) is 10.6. The van der Waals surface area contributed by atoms with Crippen LogP contribution in [0.1, 0.15) is 125 Å². The van der Waals surface area contributed by atoms with Crippen LogP contribution < -0.4 is 0 Å². The van der Waals surface area contributed by atoms with E-state index in [1.54, 1.807) is 21.3 Å². The molecule has 0 heterocycles. The highest BCUT2D eigenvalue weighted by atomic mass is 32.1. The lowest BCUT2D eigenvalue weighted by Gasteiger charge is -2.28. The van der Waals surface area contributed by atoms with Crippen molar-refractivity contribution < 1.29 is 36.0 Å². The fraction of sp³-hybridized carbons (Fsp3) is 0.935. The van der Waals surface area contributed by atoms with Crippen LogP contribution in [0.2, 0.25) is 12.1 Å². The number of thiocarbonyl (C=S) groups is 2. The lowest BCUT2D eigenvalue weighted by molar-refractivity contribution is 0.0706. The molecule has 0 aromatic rings. The van der Waals surface area contributed by atoms with Crippen LogP contribution in [0.15, 0.2) is 0 Å². The summed E-state index contributed by atoms with van der Waals surface area (Å²) in [5.41, 5.74) is 0. The molecule has 0 aliphatic carbocycles. The van der Waals surface area contributed by atoms with Crippen molar-refractivity contribution in [1.82, 2.24) is 0 Å². The summed E-state index contributed by atoms with van der Waals surface area (Å²) in [4.78, 5) is 0. The summed E-state index contributed by atoms with van der Waals surface area (Å²) < 4.78 is 44.5. The van der Waals surface area contributed by atoms with Crippen molar-refractivity contribution in [2.24, 2.45) is 0 Å². The van der Waals surface area contributed by atoms with Gasteiger partial charge in [-0.2, -0.15) is 0 Å². The highest BCUT2D eigenvalue weighted by molar-refractivity contribution is 7.80. The third-order valence-electron chi connectivity index (χ3n) is 6.92. The average molecular weight is 687 g/mol. The zero-order chi connectivity index (χ0) is 32.8. The van der Waals surface area contributed by atoms with Crippen LogP contribution in [0, 0.1) is 0 Å². The minimum atomic E-state index is -2.42. The maximum Gasteiger partial charge on any atom is 0.500 e. The van der Waals surface area contributed by atoms with E-state index in [2.05, 4.69) is 6.92 Å². The molecule has 12 heteroatoms. The van der Waals surface area contributed by atoms with Crippen LogP contribution in [-0.4, -0.2) is 81.6 Å². The van der Waals surface area contributed by atoms with Gasteiger partial charge in [0, 0.05) is 67.1 Å². The summed E-state index contributed by atoms with van der Waals surface area (Å²) in [7, 11) is 0.193. The molecule has 0 spiro atoms. The summed E-state index contributed by atoms with van der Waals surface area (Å²) in [6.07, 6.45) is 15.7. The Bertz CT molecular complexity index is 632. The van der Waals surface area contributed by atoms with E-state index in [4.69, 9.17) is 60.5 Å². The van der Waals surface area contributed by atoms with Gasteiger partial charge in [0.1, 0.15) is 0 Å². The van der Waals surface area contributed by atoms with Crippen LogP contribution >= 0.6 is 24.4 Å². The Labute approximate surface area is 278 Å². The van der Waals surface area contributed by atoms with Crippen molar-refractivity contribution in [3.63, 3.8) is 0 Å². The number of hydrogen-bond acceptors (Lipinski definition) is 10. The molecule has 0 aliphatic rings. The smallest absolute Gasteiger partial charge is 0.487 e. The van der Waals surface area contributed by atoms with Gasteiger partial charge in [-0.3, -0.25) is 0 Å². The summed E-state index contributed by atoms with van der Waals surface area (Å²) in [5, 5.41) is 1.28. The minimum Gasteiger partial charge on any atom is -0.487 e. The molecule has 0 N–H and O–H groups in total.